The number of nitrogens with zero attached hydrogens (tertiary/aromatic N) is 2. The van der Waals surface area contributed by atoms with Crippen LogP contribution in [0.3, 0.4) is 0 Å². The molecule has 0 amide bonds. The van der Waals surface area contributed by atoms with Gasteiger partial charge in [0.15, 0.2) is 0 Å². The third kappa shape index (κ3) is 3.34. The fourth-order valence-electron chi connectivity index (χ4n) is 1.40. The normalized spacial score (nSPS) is 11.3. The van der Waals surface area contributed by atoms with Gasteiger partial charge in [-0.25, -0.2) is 4.98 Å². The molecule has 0 unspecified atom stereocenters. The first-order valence-electron chi connectivity index (χ1n) is 4.91. The number of nitrogens with one attached hydrogen (secondary N) is 1. The second kappa shape index (κ2) is 5.70. The summed E-state index contributed by atoms with van der Waals surface area (Å²) in [4.78, 5) is 5.03. The maximum Gasteiger partial charge on any atom is 0.319 e. The van der Waals surface area contributed by atoms with Crippen molar-refractivity contribution in [3.63, 3.8) is 0 Å². The van der Waals surface area contributed by atoms with Crippen LogP contribution in [-0.4, -0.2) is 9.55 Å². The van der Waals surface area contributed by atoms with E-state index < -0.39 is 6.55 Å². The first kappa shape index (κ1) is 12.7. The lowest BCUT2D eigenvalue weighted by atomic mass is 10.4. The number of halogens is 3. The summed E-state index contributed by atoms with van der Waals surface area (Å²) in [5.74, 6) is 0.343. The molecular formula is C10H10BrF2N3S. The van der Waals surface area contributed by atoms with Crippen molar-refractivity contribution in [3.05, 3.63) is 39.0 Å². The van der Waals surface area contributed by atoms with Gasteiger partial charge in [-0.2, -0.15) is 8.78 Å². The van der Waals surface area contributed by atoms with Crippen LogP contribution >= 0.6 is 27.3 Å². The van der Waals surface area contributed by atoms with Gasteiger partial charge in [0.2, 0.25) is 0 Å². The molecule has 1 N–H and O–H groups in total. The summed E-state index contributed by atoms with van der Waals surface area (Å²) in [6.07, 6.45) is 2.66. The summed E-state index contributed by atoms with van der Waals surface area (Å²) in [7, 11) is 0. The average molecular weight is 322 g/mol. The van der Waals surface area contributed by atoms with Gasteiger partial charge < -0.3 is 5.32 Å². The summed E-state index contributed by atoms with van der Waals surface area (Å²) in [6, 6.07) is 3.95. The summed E-state index contributed by atoms with van der Waals surface area (Å²) in [5.41, 5.74) is 0. The fraction of sp³-hybridized carbons (Fsp3) is 0.300. The lowest BCUT2D eigenvalue weighted by molar-refractivity contribution is 0.0666. The van der Waals surface area contributed by atoms with E-state index in [0.29, 0.717) is 18.9 Å². The van der Waals surface area contributed by atoms with E-state index in [1.54, 1.807) is 11.3 Å². The Labute approximate surface area is 110 Å². The minimum atomic E-state index is -2.54. The van der Waals surface area contributed by atoms with Gasteiger partial charge in [-0.3, -0.25) is 4.57 Å². The molecule has 0 fully saturated rings. The summed E-state index contributed by atoms with van der Waals surface area (Å²) in [5, 5.41) is 3.09. The molecule has 0 aliphatic rings. The molecule has 2 aromatic rings. The maximum atomic E-state index is 12.5. The van der Waals surface area contributed by atoms with Crippen LogP contribution in [0.25, 0.3) is 0 Å². The van der Waals surface area contributed by atoms with Crippen molar-refractivity contribution in [1.29, 1.82) is 0 Å². The zero-order valence-electron chi connectivity index (χ0n) is 8.74. The van der Waals surface area contributed by atoms with Gasteiger partial charge in [0, 0.05) is 23.8 Å². The van der Waals surface area contributed by atoms with E-state index in [1.807, 2.05) is 12.1 Å². The standard InChI is InChI=1S/C10H10BrF2N3S/c11-8-2-1-7(17-8)5-14-6-9-15-3-4-16(9)10(12)13/h1-4,10,14H,5-6H2. The monoisotopic (exact) mass is 321 g/mol. The SMILES string of the molecule is FC(F)n1ccnc1CNCc1ccc(Br)s1. The number of hydrogen-bond acceptors (Lipinski definition) is 3. The third-order valence-electron chi connectivity index (χ3n) is 2.17. The van der Waals surface area contributed by atoms with Crippen molar-refractivity contribution < 1.29 is 8.78 Å². The second-order valence-corrected chi connectivity index (χ2v) is 5.89. The molecule has 17 heavy (non-hydrogen) atoms. The molecule has 0 aliphatic carbocycles. The van der Waals surface area contributed by atoms with Crippen LogP contribution < -0.4 is 5.32 Å². The topological polar surface area (TPSA) is 29.9 Å². The largest absolute Gasteiger partial charge is 0.319 e. The van der Waals surface area contributed by atoms with Crippen LogP contribution in [0.15, 0.2) is 28.3 Å². The molecule has 0 spiro atoms. The Hall–Kier alpha value is -0.790. The van der Waals surface area contributed by atoms with Crippen LogP contribution in [0, 0.1) is 0 Å². The van der Waals surface area contributed by atoms with Crippen molar-refractivity contribution in [2.75, 3.05) is 0 Å². The molecule has 2 aromatic heterocycles. The molecule has 0 bridgehead atoms. The van der Waals surface area contributed by atoms with E-state index in [4.69, 9.17) is 0 Å². The number of thiophene rings is 1. The van der Waals surface area contributed by atoms with Crippen LogP contribution in [0.4, 0.5) is 8.78 Å². The first-order chi connectivity index (χ1) is 8.16. The van der Waals surface area contributed by atoms with Crippen molar-refractivity contribution in [2.24, 2.45) is 0 Å². The number of aromatic nitrogens is 2. The van der Waals surface area contributed by atoms with Crippen molar-refractivity contribution in [2.45, 2.75) is 19.6 Å². The van der Waals surface area contributed by atoms with Gasteiger partial charge in [0.05, 0.1) is 10.3 Å². The minimum absolute atomic E-state index is 0.326. The highest BCUT2D eigenvalue weighted by atomic mass is 79.9. The summed E-state index contributed by atoms with van der Waals surface area (Å²) < 4.78 is 26.9. The fourth-order valence-corrected chi connectivity index (χ4v) is 2.86. The number of alkyl halides is 2. The summed E-state index contributed by atoms with van der Waals surface area (Å²) in [6.45, 7) is -1.57. The van der Waals surface area contributed by atoms with E-state index in [2.05, 4.69) is 26.2 Å². The molecule has 3 nitrogen and oxygen atoms in total. The Morgan fingerprint density at radius 3 is 2.88 bits per heavy atom. The quantitative estimate of drug-likeness (QED) is 0.914. The molecule has 0 radical (unpaired) electrons. The van der Waals surface area contributed by atoms with E-state index in [0.717, 1.165) is 13.2 Å². The average Bonchev–Trinajstić information content (AvgIpc) is 2.87. The lowest BCUT2D eigenvalue weighted by Crippen LogP contribution is -2.16. The molecule has 0 saturated carbocycles. The Morgan fingerprint density at radius 2 is 2.24 bits per heavy atom. The smallest absolute Gasteiger partial charge is 0.305 e. The van der Waals surface area contributed by atoms with E-state index in [-0.39, 0.29) is 0 Å². The molecule has 7 heteroatoms. The van der Waals surface area contributed by atoms with E-state index in [1.165, 1.54) is 12.4 Å². The molecule has 92 valence electrons. The molecule has 0 aromatic carbocycles. The van der Waals surface area contributed by atoms with E-state index >= 15 is 0 Å². The molecule has 0 atom stereocenters. The van der Waals surface area contributed by atoms with Gasteiger partial charge in [-0.1, -0.05) is 0 Å². The van der Waals surface area contributed by atoms with Crippen molar-refractivity contribution >= 4 is 27.3 Å². The predicted molar refractivity (Wildman–Crippen MR) is 66.0 cm³/mol. The van der Waals surface area contributed by atoms with Gasteiger partial charge in [0.1, 0.15) is 5.82 Å². The van der Waals surface area contributed by atoms with Crippen LogP contribution in [0.1, 0.15) is 17.3 Å². The van der Waals surface area contributed by atoms with Crippen LogP contribution in [0.2, 0.25) is 0 Å². The van der Waals surface area contributed by atoms with Gasteiger partial charge in [0.25, 0.3) is 0 Å². The predicted octanol–water partition coefficient (Wildman–Crippen LogP) is 3.39. The Morgan fingerprint density at radius 1 is 1.41 bits per heavy atom. The highest BCUT2D eigenvalue weighted by Crippen LogP contribution is 2.21. The number of imidazole rings is 1. The number of rotatable bonds is 5. The highest BCUT2D eigenvalue weighted by Gasteiger charge is 2.10. The van der Waals surface area contributed by atoms with Gasteiger partial charge in [-0.15, -0.1) is 11.3 Å². The molecule has 0 saturated heterocycles. The maximum absolute atomic E-state index is 12.5. The Kier molecular flexibility index (Phi) is 4.25. The first-order valence-corrected chi connectivity index (χ1v) is 6.52. The third-order valence-corrected chi connectivity index (χ3v) is 3.79. The Balaban J connectivity index is 1.88. The van der Waals surface area contributed by atoms with Gasteiger partial charge in [-0.05, 0) is 28.1 Å². The Bertz CT molecular complexity index is 483. The summed E-state index contributed by atoms with van der Waals surface area (Å²) >= 11 is 4.98. The zero-order chi connectivity index (χ0) is 12.3. The van der Waals surface area contributed by atoms with Crippen molar-refractivity contribution in [3.8, 4) is 0 Å². The van der Waals surface area contributed by atoms with Crippen LogP contribution in [-0.2, 0) is 13.1 Å². The minimum Gasteiger partial charge on any atom is -0.305 e. The van der Waals surface area contributed by atoms with Gasteiger partial charge >= 0.3 is 6.55 Å². The molecular weight excluding hydrogens is 312 g/mol. The highest BCUT2D eigenvalue weighted by molar-refractivity contribution is 9.11. The lowest BCUT2D eigenvalue weighted by Gasteiger charge is -2.06. The van der Waals surface area contributed by atoms with Crippen molar-refractivity contribution in [1.82, 2.24) is 14.9 Å². The number of hydrogen-bond donors (Lipinski definition) is 1. The van der Waals surface area contributed by atoms with Crippen LogP contribution in [0.5, 0.6) is 0 Å². The second-order valence-electron chi connectivity index (χ2n) is 3.34. The zero-order valence-corrected chi connectivity index (χ0v) is 11.1. The molecule has 2 heterocycles. The molecule has 2 rings (SSSR count). The molecule has 0 aliphatic heterocycles. The van der Waals surface area contributed by atoms with E-state index in [9.17, 15) is 8.78 Å².